The van der Waals surface area contributed by atoms with Crippen LogP contribution in [0.3, 0.4) is 0 Å². The quantitative estimate of drug-likeness (QED) is 0.154. The van der Waals surface area contributed by atoms with Gasteiger partial charge in [-0.3, -0.25) is 34.8 Å². The number of carbonyl (C=O) groups is 5. The van der Waals surface area contributed by atoms with Crippen LogP contribution < -0.4 is 27.0 Å². The minimum atomic E-state index is -1.42. The van der Waals surface area contributed by atoms with E-state index in [4.69, 9.17) is 4.74 Å². The van der Waals surface area contributed by atoms with Crippen molar-refractivity contribution in [2.24, 2.45) is 5.92 Å². The molecule has 5 atom stereocenters. The van der Waals surface area contributed by atoms with Crippen LogP contribution in [0.2, 0.25) is 0 Å². The number of ether oxygens (including phenoxy) is 1. The van der Waals surface area contributed by atoms with Gasteiger partial charge >= 0.3 is 6.09 Å². The summed E-state index contributed by atoms with van der Waals surface area (Å²) in [5, 5.41) is 10.3. The Labute approximate surface area is 342 Å². The number of nitrogens with zero attached hydrogens (tertiary/aromatic N) is 3. The zero-order chi connectivity index (χ0) is 41.7. The summed E-state index contributed by atoms with van der Waals surface area (Å²) < 4.78 is 6.86. The third-order valence-electron chi connectivity index (χ3n) is 10.9. The molecule has 59 heavy (non-hydrogen) atoms. The second kappa shape index (κ2) is 17.1. The van der Waals surface area contributed by atoms with Crippen molar-refractivity contribution in [2.75, 3.05) is 6.54 Å². The summed E-state index contributed by atoms with van der Waals surface area (Å²) in [6.45, 7) is 5.09. The van der Waals surface area contributed by atoms with E-state index >= 15 is 0 Å². The molecule has 14 heteroatoms. The van der Waals surface area contributed by atoms with Crippen LogP contribution in [0.4, 0.5) is 4.79 Å². The van der Waals surface area contributed by atoms with Crippen LogP contribution in [0.15, 0.2) is 114 Å². The number of amides is 5. The molecule has 5 amide bonds. The van der Waals surface area contributed by atoms with E-state index in [9.17, 15) is 28.8 Å². The number of alkyl carbamates (subject to hydrolysis) is 1. The highest BCUT2D eigenvalue weighted by Crippen LogP contribution is 2.45. The van der Waals surface area contributed by atoms with E-state index in [1.807, 2.05) is 72.8 Å². The van der Waals surface area contributed by atoms with Gasteiger partial charge in [0.05, 0.1) is 17.8 Å². The van der Waals surface area contributed by atoms with Gasteiger partial charge in [0.25, 0.3) is 17.4 Å². The van der Waals surface area contributed by atoms with Crippen molar-refractivity contribution in [2.45, 2.75) is 88.6 Å². The fourth-order valence-corrected chi connectivity index (χ4v) is 7.88. The molecule has 0 unspecified atom stereocenters. The second-order valence-electron chi connectivity index (χ2n) is 16.3. The standard InChI is InChI=1S/C45H49N7O7/c1-44(2,3)59-43(58)47-35-24-16-5-4-15-23-32-26-45(32,42(57)50-49-38(53)31-21-13-8-14-22-31)48-39(54)36-25-33(28-51(36)40(35)55)52-41(56)37(30-19-11-7-12-20-30)34(27-46-52)29-17-9-6-10-18-29/h6-15,17-23,27,32-33,35-36H,4-5,16,24-26,28H2,1-3H3,(H,47,58)(H,48,54)(H,49,53)(H,50,57)/b23-15-/t32-,33-,35+,36+,45-/m1/s1. The number of hydrogen-bond acceptors (Lipinski definition) is 8. The lowest BCUT2D eigenvalue weighted by Crippen LogP contribution is -2.59. The van der Waals surface area contributed by atoms with Crippen LogP contribution in [-0.2, 0) is 19.1 Å². The Hall–Kier alpha value is -6.57. The van der Waals surface area contributed by atoms with E-state index in [1.54, 1.807) is 57.3 Å². The summed E-state index contributed by atoms with van der Waals surface area (Å²) >= 11 is 0. The molecule has 0 bridgehead atoms. The number of hydrogen-bond donors (Lipinski definition) is 4. The molecule has 2 fully saturated rings. The summed E-state index contributed by atoms with van der Waals surface area (Å²) in [5.41, 5.74) is 5.17. The Balaban J connectivity index is 1.23. The highest BCUT2D eigenvalue weighted by atomic mass is 16.6. The molecule has 0 radical (unpaired) electrons. The average Bonchev–Trinajstić information content (AvgIpc) is 3.74. The Bertz CT molecular complexity index is 2290. The molecule has 2 aliphatic heterocycles. The van der Waals surface area contributed by atoms with Gasteiger partial charge in [-0.1, -0.05) is 97.4 Å². The van der Waals surface area contributed by atoms with Gasteiger partial charge in [0, 0.05) is 30.0 Å². The van der Waals surface area contributed by atoms with E-state index in [2.05, 4.69) is 26.6 Å². The maximum atomic E-state index is 14.7. The topological polar surface area (TPSA) is 181 Å². The van der Waals surface area contributed by atoms with Gasteiger partial charge < -0.3 is 20.3 Å². The first kappa shape index (κ1) is 40.6. The summed E-state index contributed by atoms with van der Waals surface area (Å²) in [7, 11) is 0. The SMILES string of the molecule is CC(C)(C)OC(=O)N[C@H]1CCCC/C=C\[C@@H]2C[C@@]2(C(=O)NNC(=O)c2ccccc2)NC(=O)[C@@H]2C[C@@H](n3ncc(-c4ccccc4)c(-c4ccccc4)c3=O)CN2C1=O. The monoisotopic (exact) mass is 799 g/mol. The number of rotatable bonds is 6. The molecule has 4 aromatic rings. The highest BCUT2D eigenvalue weighted by Gasteiger charge is 2.61. The first-order valence-corrected chi connectivity index (χ1v) is 20.0. The number of fused-ring (bicyclic) bond motifs is 2. The maximum absolute atomic E-state index is 14.7. The van der Waals surface area contributed by atoms with E-state index in [0.717, 1.165) is 5.56 Å². The highest BCUT2D eigenvalue weighted by molar-refractivity contribution is 6.00. The van der Waals surface area contributed by atoms with Gasteiger partial charge in [-0.05, 0) is 69.7 Å². The number of benzene rings is 3. The van der Waals surface area contributed by atoms with E-state index in [1.165, 1.54) is 9.58 Å². The Morgan fingerprint density at radius 3 is 2.20 bits per heavy atom. The van der Waals surface area contributed by atoms with E-state index in [-0.39, 0.29) is 31.7 Å². The van der Waals surface area contributed by atoms with Crippen LogP contribution in [0.25, 0.3) is 22.3 Å². The predicted octanol–water partition coefficient (Wildman–Crippen LogP) is 5.08. The molecular formula is C45H49N7O7. The third-order valence-corrected chi connectivity index (χ3v) is 10.9. The molecule has 1 aromatic heterocycles. The van der Waals surface area contributed by atoms with Crippen molar-refractivity contribution < 1.29 is 28.7 Å². The Kier molecular flexibility index (Phi) is 11.8. The summed E-state index contributed by atoms with van der Waals surface area (Å²) in [5.74, 6) is -2.67. The van der Waals surface area contributed by atoms with Gasteiger partial charge in [0.15, 0.2) is 0 Å². The zero-order valence-electron chi connectivity index (χ0n) is 33.4. The van der Waals surface area contributed by atoms with Crippen LogP contribution in [-0.4, -0.2) is 74.2 Å². The summed E-state index contributed by atoms with van der Waals surface area (Å²) in [6, 6.07) is 24.1. The van der Waals surface area contributed by atoms with Gasteiger partial charge in [-0.2, -0.15) is 5.10 Å². The molecule has 3 aromatic carbocycles. The molecule has 3 aliphatic rings. The van der Waals surface area contributed by atoms with Crippen LogP contribution in [0.1, 0.15) is 75.7 Å². The predicted molar refractivity (Wildman–Crippen MR) is 220 cm³/mol. The van der Waals surface area contributed by atoms with Crippen molar-refractivity contribution in [1.29, 1.82) is 0 Å². The van der Waals surface area contributed by atoms with Crippen LogP contribution in [0, 0.1) is 5.92 Å². The normalized spacial score (nSPS) is 23.7. The Morgan fingerprint density at radius 1 is 0.864 bits per heavy atom. The number of carbonyl (C=O) groups excluding carboxylic acids is 5. The van der Waals surface area contributed by atoms with Gasteiger partial charge in [-0.15, -0.1) is 0 Å². The number of nitrogens with one attached hydrogen (secondary N) is 4. The van der Waals surface area contributed by atoms with Crippen molar-refractivity contribution in [3.05, 3.63) is 125 Å². The van der Waals surface area contributed by atoms with Crippen LogP contribution >= 0.6 is 0 Å². The van der Waals surface area contributed by atoms with E-state index < -0.39 is 64.5 Å². The fraction of sp³-hybridized carbons (Fsp3) is 0.356. The molecule has 0 spiro atoms. The summed E-state index contributed by atoms with van der Waals surface area (Å²) in [6.07, 6.45) is 7.10. The third kappa shape index (κ3) is 9.11. The van der Waals surface area contributed by atoms with Crippen molar-refractivity contribution in [3.8, 4) is 22.3 Å². The molecule has 1 aliphatic carbocycles. The van der Waals surface area contributed by atoms with Crippen molar-refractivity contribution in [3.63, 3.8) is 0 Å². The van der Waals surface area contributed by atoms with Crippen molar-refractivity contribution >= 4 is 29.7 Å². The molecule has 3 heterocycles. The molecule has 306 valence electrons. The lowest BCUT2D eigenvalue weighted by Gasteiger charge is -2.30. The lowest BCUT2D eigenvalue weighted by molar-refractivity contribution is -0.141. The molecule has 1 saturated heterocycles. The largest absolute Gasteiger partial charge is 0.444 e. The average molecular weight is 800 g/mol. The fourth-order valence-electron chi connectivity index (χ4n) is 7.88. The zero-order valence-corrected chi connectivity index (χ0v) is 33.4. The lowest BCUT2D eigenvalue weighted by atomic mass is 9.97. The summed E-state index contributed by atoms with van der Waals surface area (Å²) in [4.78, 5) is 85.1. The molecule has 7 rings (SSSR count). The smallest absolute Gasteiger partial charge is 0.408 e. The molecular weight excluding hydrogens is 751 g/mol. The molecule has 4 N–H and O–H groups in total. The second-order valence-corrected chi connectivity index (χ2v) is 16.3. The number of hydrazine groups is 1. The molecule has 1 saturated carbocycles. The first-order valence-electron chi connectivity index (χ1n) is 20.0. The number of allylic oxidation sites excluding steroid dienone is 1. The van der Waals surface area contributed by atoms with Gasteiger partial charge in [0.2, 0.25) is 11.8 Å². The van der Waals surface area contributed by atoms with Gasteiger partial charge in [-0.25, -0.2) is 9.48 Å². The van der Waals surface area contributed by atoms with Crippen LogP contribution in [0.5, 0.6) is 0 Å². The molecule has 14 nitrogen and oxygen atoms in total. The number of aromatic nitrogens is 2. The minimum Gasteiger partial charge on any atom is -0.444 e. The van der Waals surface area contributed by atoms with E-state index in [0.29, 0.717) is 41.5 Å². The first-order chi connectivity index (χ1) is 28.3. The minimum absolute atomic E-state index is 0.00843. The Morgan fingerprint density at radius 2 is 1.53 bits per heavy atom. The maximum Gasteiger partial charge on any atom is 0.408 e. The van der Waals surface area contributed by atoms with Crippen molar-refractivity contribution in [1.82, 2.24) is 36.2 Å². The van der Waals surface area contributed by atoms with Gasteiger partial charge in [0.1, 0.15) is 23.2 Å².